The van der Waals surface area contributed by atoms with E-state index in [4.69, 9.17) is 4.74 Å². The molecule has 30 heavy (non-hydrogen) atoms. The van der Waals surface area contributed by atoms with E-state index >= 15 is 0 Å². The van der Waals surface area contributed by atoms with Gasteiger partial charge in [0.15, 0.2) is 0 Å². The van der Waals surface area contributed by atoms with Gasteiger partial charge in [-0.2, -0.15) is 0 Å². The van der Waals surface area contributed by atoms with Crippen molar-refractivity contribution in [2.24, 2.45) is 0 Å². The number of rotatable bonds is 6. The number of nitrogens with zero attached hydrogens (tertiary/aromatic N) is 2. The predicted octanol–water partition coefficient (Wildman–Crippen LogP) is 2.57. The summed E-state index contributed by atoms with van der Waals surface area (Å²) < 4.78 is 32.2. The van der Waals surface area contributed by atoms with Crippen LogP contribution >= 0.6 is 0 Å². The van der Waals surface area contributed by atoms with Gasteiger partial charge in [0.05, 0.1) is 10.6 Å². The number of nitrogens with one attached hydrogen (secondary N) is 1. The van der Waals surface area contributed by atoms with Crippen molar-refractivity contribution in [3.63, 3.8) is 0 Å². The number of carboxylic acid groups (broad SMARTS) is 1. The van der Waals surface area contributed by atoms with Gasteiger partial charge in [-0.15, -0.1) is 0 Å². The van der Waals surface area contributed by atoms with E-state index in [1.165, 1.54) is 6.20 Å². The maximum Gasteiger partial charge on any atom is 0.408 e. The monoisotopic (exact) mass is 437 g/mol. The van der Waals surface area contributed by atoms with Gasteiger partial charge in [-0.3, -0.25) is 0 Å². The number of imidazole rings is 1. The number of aliphatic carboxylic acids is 1. The van der Waals surface area contributed by atoms with Crippen LogP contribution in [0.2, 0.25) is 0 Å². The fourth-order valence-corrected chi connectivity index (χ4v) is 4.69. The van der Waals surface area contributed by atoms with Gasteiger partial charge in [0, 0.05) is 12.6 Å². The standard InChI is InChI=1S/C20H27N3O6S/c1-12-7-13(2)17(14(3)8-12)30(27,28)23-10-15(21-11-23)9-16(18(24)25)22-19(26)29-20(4,5)6/h7-8,10-11,16H,9H2,1-6H3,(H,22,26)(H,24,25). The van der Waals surface area contributed by atoms with Crippen molar-refractivity contribution >= 4 is 22.1 Å². The smallest absolute Gasteiger partial charge is 0.408 e. The molecule has 0 aliphatic carbocycles. The van der Waals surface area contributed by atoms with Gasteiger partial charge < -0.3 is 15.2 Å². The van der Waals surface area contributed by atoms with Crippen LogP contribution in [0, 0.1) is 20.8 Å². The molecule has 10 heteroatoms. The van der Waals surface area contributed by atoms with Gasteiger partial charge in [-0.25, -0.2) is 27.0 Å². The van der Waals surface area contributed by atoms with Crippen molar-refractivity contribution in [3.8, 4) is 0 Å². The number of benzene rings is 1. The number of ether oxygens (including phenoxy) is 1. The van der Waals surface area contributed by atoms with Crippen LogP contribution in [0.25, 0.3) is 0 Å². The molecule has 0 aliphatic heterocycles. The molecule has 0 saturated carbocycles. The second-order valence-corrected chi connectivity index (χ2v) is 9.95. The Morgan fingerprint density at radius 2 is 1.77 bits per heavy atom. The van der Waals surface area contributed by atoms with Crippen molar-refractivity contribution in [3.05, 3.63) is 47.0 Å². The first-order valence-corrected chi connectivity index (χ1v) is 10.7. The Kier molecular flexibility index (Phi) is 6.60. The second kappa shape index (κ2) is 8.47. The van der Waals surface area contributed by atoms with E-state index in [2.05, 4.69) is 10.3 Å². The summed E-state index contributed by atoms with van der Waals surface area (Å²) in [6.45, 7) is 10.3. The number of carbonyl (C=O) groups is 2. The largest absolute Gasteiger partial charge is 0.480 e. The topological polar surface area (TPSA) is 128 Å². The Morgan fingerprint density at radius 3 is 2.27 bits per heavy atom. The molecule has 1 amide bonds. The van der Waals surface area contributed by atoms with Crippen molar-refractivity contribution in [2.45, 2.75) is 64.5 Å². The van der Waals surface area contributed by atoms with Crippen LogP contribution in [0.4, 0.5) is 4.79 Å². The van der Waals surface area contributed by atoms with Crippen molar-refractivity contribution in [1.29, 1.82) is 0 Å². The summed E-state index contributed by atoms with van der Waals surface area (Å²) in [5.74, 6) is -1.29. The predicted molar refractivity (Wildman–Crippen MR) is 110 cm³/mol. The molecule has 2 aromatic rings. The van der Waals surface area contributed by atoms with E-state index in [9.17, 15) is 23.1 Å². The molecule has 1 unspecified atom stereocenters. The van der Waals surface area contributed by atoms with E-state index in [1.807, 2.05) is 6.92 Å². The number of carboxylic acids is 1. The normalized spacial score (nSPS) is 13.0. The SMILES string of the molecule is Cc1cc(C)c(S(=O)(=O)n2cnc(CC(NC(=O)OC(C)(C)C)C(=O)O)c2)c(C)c1. The first-order valence-electron chi connectivity index (χ1n) is 9.29. The van der Waals surface area contributed by atoms with Crippen molar-refractivity contribution in [1.82, 2.24) is 14.3 Å². The Bertz CT molecular complexity index is 1040. The first-order chi connectivity index (χ1) is 13.7. The average molecular weight is 438 g/mol. The molecular formula is C20H27N3O6S. The quantitative estimate of drug-likeness (QED) is 0.711. The molecule has 0 fully saturated rings. The zero-order valence-corrected chi connectivity index (χ0v) is 18.7. The third-order valence-electron chi connectivity index (χ3n) is 4.16. The molecule has 1 aromatic carbocycles. The highest BCUT2D eigenvalue weighted by Gasteiger charge is 2.27. The lowest BCUT2D eigenvalue weighted by Gasteiger charge is -2.21. The molecule has 0 radical (unpaired) electrons. The van der Waals surface area contributed by atoms with E-state index in [-0.39, 0.29) is 17.0 Å². The van der Waals surface area contributed by atoms with E-state index in [1.54, 1.807) is 46.8 Å². The summed E-state index contributed by atoms with van der Waals surface area (Å²) in [5.41, 5.74) is 1.58. The van der Waals surface area contributed by atoms with Crippen LogP contribution in [-0.4, -0.2) is 46.2 Å². The fraction of sp³-hybridized carbons (Fsp3) is 0.450. The number of aromatic nitrogens is 2. The number of amides is 1. The third-order valence-corrected chi connectivity index (χ3v) is 6.07. The first kappa shape index (κ1) is 23.4. The van der Waals surface area contributed by atoms with Gasteiger partial charge in [-0.05, 0) is 52.7 Å². The molecule has 0 aliphatic rings. The molecule has 2 N–H and O–H groups in total. The molecule has 1 heterocycles. The molecule has 0 saturated heterocycles. The molecule has 164 valence electrons. The van der Waals surface area contributed by atoms with Gasteiger partial charge in [0.2, 0.25) is 0 Å². The average Bonchev–Trinajstić information content (AvgIpc) is 3.00. The molecule has 1 atom stereocenters. The Balaban J connectivity index is 2.26. The Morgan fingerprint density at radius 1 is 1.20 bits per heavy atom. The highest BCUT2D eigenvalue weighted by atomic mass is 32.2. The molecule has 2 rings (SSSR count). The van der Waals surface area contributed by atoms with Crippen LogP contribution in [0.5, 0.6) is 0 Å². The zero-order valence-electron chi connectivity index (χ0n) is 17.9. The number of hydrogen-bond acceptors (Lipinski definition) is 6. The minimum Gasteiger partial charge on any atom is -0.480 e. The Hall–Kier alpha value is -2.88. The third kappa shape index (κ3) is 5.59. The van der Waals surface area contributed by atoms with Crippen molar-refractivity contribution < 1.29 is 27.9 Å². The number of alkyl carbamates (subject to hydrolysis) is 1. The van der Waals surface area contributed by atoms with Crippen LogP contribution in [0.15, 0.2) is 29.6 Å². The van der Waals surface area contributed by atoms with E-state index in [0.29, 0.717) is 11.1 Å². The minimum absolute atomic E-state index is 0.179. The van der Waals surface area contributed by atoms with E-state index in [0.717, 1.165) is 15.9 Å². The lowest BCUT2D eigenvalue weighted by Crippen LogP contribution is -2.44. The Labute approximate surface area is 176 Å². The summed E-state index contributed by atoms with van der Waals surface area (Å²) in [6, 6.07) is 2.24. The number of aryl methyl sites for hydroxylation is 3. The minimum atomic E-state index is -3.90. The number of hydrogen-bond donors (Lipinski definition) is 2. The highest BCUT2D eigenvalue weighted by Crippen LogP contribution is 2.24. The molecule has 9 nitrogen and oxygen atoms in total. The van der Waals surface area contributed by atoms with Gasteiger partial charge in [-0.1, -0.05) is 17.7 Å². The molecule has 0 spiro atoms. The molecule has 0 bridgehead atoms. The summed E-state index contributed by atoms with van der Waals surface area (Å²) in [5, 5.41) is 11.7. The number of carbonyl (C=O) groups excluding carboxylic acids is 1. The molecular weight excluding hydrogens is 410 g/mol. The highest BCUT2D eigenvalue weighted by molar-refractivity contribution is 7.90. The van der Waals surface area contributed by atoms with Crippen LogP contribution in [-0.2, 0) is 26.0 Å². The maximum absolute atomic E-state index is 13.1. The van der Waals surface area contributed by atoms with Crippen LogP contribution < -0.4 is 5.32 Å². The lowest BCUT2D eigenvalue weighted by atomic mass is 10.1. The summed E-state index contributed by atoms with van der Waals surface area (Å²) in [7, 11) is -3.90. The van der Waals surface area contributed by atoms with Crippen LogP contribution in [0.1, 0.15) is 43.2 Å². The van der Waals surface area contributed by atoms with Gasteiger partial charge >= 0.3 is 12.1 Å². The molecule has 1 aromatic heterocycles. The summed E-state index contributed by atoms with van der Waals surface area (Å²) in [6.07, 6.45) is 1.28. The van der Waals surface area contributed by atoms with Crippen LogP contribution in [0.3, 0.4) is 0 Å². The van der Waals surface area contributed by atoms with E-state index < -0.39 is 33.7 Å². The lowest BCUT2D eigenvalue weighted by molar-refractivity contribution is -0.139. The zero-order chi connectivity index (χ0) is 22.9. The summed E-state index contributed by atoms with van der Waals surface area (Å²) in [4.78, 5) is 27.6. The van der Waals surface area contributed by atoms with Gasteiger partial charge in [0.1, 0.15) is 18.0 Å². The maximum atomic E-state index is 13.1. The van der Waals surface area contributed by atoms with Gasteiger partial charge in [0.25, 0.3) is 10.0 Å². The fourth-order valence-electron chi connectivity index (χ4n) is 3.12. The summed E-state index contributed by atoms with van der Waals surface area (Å²) >= 11 is 0. The second-order valence-electron chi connectivity index (χ2n) is 8.17. The van der Waals surface area contributed by atoms with Crippen molar-refractivity contribution in [2.75, 3.05) is 0 Å².